The molecule has 0 aliphatic carbocycles. The van der Waals surface area contributed by atoms with Crippen LogP contribution in [-0.4, -0.2) is 25.8 Å². The second-order valence-electron chi connectivity index (χ2n) is 4.23. The average Bonchev–Trinajstić information content (AvgIpc) is 2.31. The van der Waals surface area contributed by atoms with E-state index >= 15 is 0 Å². The average molecular weight is 237 g/mol. The van der Waals surface area contributed by atoms with Crippen molar-refractivity contribution in [2.45, 2.75) is 39.3 Å². The molecule has 1 aromatic rings. The lowest BCUT2D eigenvalue weighted by Crippen LogP contribution is -2.28. The van der Waals surface area contributed by atoms with E-state index in [4.69, 9.17) is 9.47 Å². The van der Waals surface area contributed by atoms with Crippen LogP contribution in [-0.2, 0) is 0 Å². The molecule has 1 aromatic carbocycles. The van der Waals surface area contributed by atoms with Crippen molar-refractivity contribution in [2.24, 2.45) is 0 Å². The van der Waals surface area contributed by atoms with Crippen LogP contribution < -0.4 is 14.8 Å². The highest BCUT2D eigenvalue weighted by Gasteiger charge is 2.11. The van der Waals surface area contributed by atoms with Gasteiger partial charge in [0, 0.05) is 6.04 Å². The van der Waals surface area contributed by atoms with Crippen molar-refractivity contribution >= 4 is 0 Å². The molecule has 0 bridgehead atoms. The minimum Gasteiger partial charge on any atom is -0.490 e. The summed E-state index contributed by atoms with van der Waals surface area (Å²) in [6.45, 7) is 6.86. The highest BCUT2D eigenvalue weighted by Crippen LogP contribution is 2.27. The number of ether oxygens (including phenoxy) is 2. The van der Waals surface area contributed by atoms with E-state index in [0.717, 1.165) is 17.9 Å². The Balaban J connectivity index is 2.60. The minimum atomic E-state index is 0.166. The van der Waals surface area contributed by atoms with E-state index in [9.17, 15) is 0 Å². The third-order valence-electron chi connectivity index (χ3n) is 2.66. The van der Waals surface area contributed by atoms with Crippen LogP contribution >= 0.6 is 0 Å². The van der Waals surface area contributed by atoms with Crippen LogP contribution in [0.15, 0.2) is 24.3 Å². The summed E-state index contributed by atoms with van der Waals surface area (Å²) < 4.78 is 11.4. The first-order valence-electron chi connectivity index (χ1n) is 6.23. The summed E-state index contributed by atoms with van der Waals surface area (Å²) in [6, 6.07) is 8.26. The largest absolute Gasteiger partial charge is 0.490 e. The van der Waals surface area contributed by atoms with E-state index < -0.39 is 0 Å². The summed E-state index contributed by atoms with van der Waals surface area (Å²) in [5.41, 5.74) is 0. The number of nitrogens with one attached hydrogen (secondary N) is 1. The van der Waals surface area contributed by atoms with Crippen LogP contribution in [0.1, 0.15) is 27.2 Å². The molecule has 0 fully saturated rings. The molecule has 96 valence electrons. The molecule has 0 radical (unpaired) electrons. The van der Waals surface area contributed by atoms with Gasteiger partial charge in [0.1, 0.15) is 0 Å². The maximum Gasteiger partial charge on any atom is 0.161 e. The highest BCUT2D eigenvalue weighted by atomic mass is 16.5. The number of hydrogen-bond donors (Lipinski definition) is 1. The van der Waals surface area contributed by atoms with Gasteiger partial charge in [-0.1, -0.05) is 12.1 Å². The monoisotopic (exact) mass is 237 g/mol. The first-order chi connectivity index (χ1) is 8.17. The quantitative estimate of drug-likeness (QED) is 0.791. The Morgan fingerprint density at radius 1 is 1.18 bits per heavy atom. The molecule has 0 saturated carbocycles. The number of rotatable bonds is 7. The summed E-state index contributed by atoms with van der Waals surface area (Å²) in [4.78, 5) is 0. The van der Waals surface area contributed by atoms with E-state index in [2.05, 4.69) is 19.2 Å². The molecule has 1 rings (SSSR count). The lowest BCUT2D eigenvalue weighted by Gasteiger charge is -2.20. The minimum absolute atomic E-state index is 0.166. The molecule has 0 aliphatic rings. The van der Waals surface area contributed by atoms with Gasteiger partial charge in [-0.15, -0.1) is 0 Å². The summed E-state index contributed by atoms with van der Waals surface area (Å²) >= 11 is 0. The van der Waals surface area contributed by atoms with Gasteiger partial charge < -0.3 is 14.8 Å². The molecule has 3 heteroatoms. The molecular weight excluding hydrogens is 214 g/mol. The van der Waals surface area contributed by atoms with Crippen LogP contribution in [0.2, 0.25) is 0 Å². The first kappa shape index (κ1) is 13.8. The van der Waals surface area contributed by atoms with Crippen molar-refractivity contribution in [1.82, 2.24) is 5.32 Å². The zero-order valence-electron chi connectivity index (χ0n) is 11.2. The molecular formula is C14H23NO2. The van der Waals surface area contributed by atoms with Crippen molar-refractivity contribution in [1.29, 1.82) is 0 Å². The zero-order chi connectivity index (χ0) is 12.7. The van der Waals surface area contributed by atoms with Crippen molar-refractivity contribution in [2.75, 3.05) is 13.7 Å². The van der Waals surface area contributed by atoms with Crippen molar-refractivity contribution in [3.8, 4) is 11.5 Å². The van der Waals surface area contributed by atoms with Gasteiger partial charge in [0.15, 0.2) is 11.5 Å². The van der Waals surface area contributed by atoms with E-state index in [0.29, 0.717) is 12.6 Å². The molecule has 3 nitrogen and oxygen atoms in total. The second-order valence-corrected chi connectivity index (χ2v) is 4.23. The highest BCUT2D eigenvalue weighted by molar-refractivity contribution is 5.39. The van der Waals surface area contributed by atoms with Crippen LogP contribution in [0.25, 0.3) is 0 Å². The van der Waals surface area contributed by atoms with Crippen LogP contribution in [0, 0.1) is 0 Å². The predicted octanol–water partition coefficient (Wildman–Crippen LogP) is 2.85. The lowest BCUT2D eigenvalue weighted by molar-refractivity contribution is 0.186. The second kappa shape index (κ2) is 7.17. The topological polar surface area (TPSA) is 30.5 Å². The van der Waals surface area contributed by atoms with Crippen LogP contribution in [0.3, 0.4) is 0 Å². The Morgan fingerprint density at radius 3 is 2.41 bits per heavy atom. The van der Waals surface area contributed by atoms with E-state index in [1.54, 1.807) is 0 Å². The van der Waals surface area contributed by atoms with Gasteiger partial charge in [0.2, 0.25) is 0 Å². The van der Waals surface area contributed by atoms with Gasteiger partial charge in [0.05, 0.1) is 12.7 Å². The van der Waals surface area contributed by atoms with Gasteiger partial charge in [0.25, 0.3) is 0 Å². The van der Waals surface area contributed by atoms with E-state index in [-0.39, 0.29) is 6.10 Å². The molecule has 17 heavy (non-hydrogen) atoms. The Bertz CT molecular complexity index is 328. The molecule has 2 unspecified atom stereocenters. The third-order valence-corrected chi connectivity index (χ3v) is 2.66. The smallest absolute Gasteiger partial charge is 0.161 e. The third kappa shape index (κ3) is 4.65. The maximum absolute atomic E-state index is 5.91. The fourth-order valence-electron chi connectivity index (χ4n) is 1.70. The fraction of sp³-hybridized carbons (Fsp3) is 0.571. The van der Waals surface area contributed by atoms with Gasteiger partial charge in [-0.2, -0.15) is 0 Å². The molecule has 0 amide bonds. The van der Waals surface area contributed by atoms with Gasteiger partial charge in [-0.3, -0.25) is 0 Å². The molecule has 1 N–H and O–H groups in total. The Labute approximate surface area is 104 Å². The Kier molecular flexibility index (Phi) is 5.84. The summed E-state index contributed by atoms with van der Waals surface area (Å²) in [6.07, 6.45) is 1.13. The van der Waals surface area contributed by atoms with Gasteiger partial charge >= 0.3 is 0 Å². The molecule has 0 aromatic heterocycles. The predicted molar refractivity (Wildman–Crippen MR) is 70.8 cm³/mol. The Hall–Kier alpha value is -1.22. The summed E-state index contributed by atoms with van der Waals surface area (Å²) in [7, 11) is 1.96. The first-order valence-corrected chi connectivity index (χ1v) is 6.23. The van der Waals surface area contributed by atoms with E-state index in [1.165, 1.54) is 0 Å². The van der Waals surface area contributed by atoms with Gasteiger partial charge in [-0.05, 0) is 46.4 Å². The molecule has 0 aliphatic heterocycles. The van der Waals surface area contributed by atoms with Crippen molar-refractivity contribution < 1.29 is 9.47 Å². The zero-order valence-corrected chi connectivity index (χ0v) is 11.2. The standard InChI is InChI=1S/C14H23NO2/c1-5-16-13-8-6-7-9-14(13)17-12(3)10-11(2)15-4/h6-9,11-12,15H,5,10H2,1-4H3. The summed E-state index contributed by atoms with van der Waals surface area (Å²) in [5.74, 6) is 1.64. The number of para-hydroxylation sites is 2. The molecule has 0 saturated heterocycles. The number of hydrogen-bond acceptors (Lipinski definition) is 3. The van der Waals surface area contributed by atoms with Crippen LogP contribution in [0.5, 0.6) is 11.5 Å². The van der Waals surface area contributed by atoms with Gasteiger partial charge in [-0.25, -0.2) is 0 Å². The Morgan fingerprint density at radius 2 is 1.82 bits per heavy atom. The maximum atomic E-state index is 5.91. The fourth-order valence-corrected chi connectivity index (χ4v) is 1.70. The van der Waals surface area contributed by atoms with Crippen LogP contribution in [0.4, 0.5) is 0 Å². The van der Waals surface area contributed by atoms with Crippen molar-refractivity contribution in [3.63, 3.8) is 0 Å². The lowest BCUT2D eigenvalue weighted by atomic mass is 10.1. The molecule has 2 atom stereocenters. The van der Waals surface area contributed by atoms with Crippen molar-refractivity contribution in [3.05, 3.63) is 24.3 Å². The van der Waals surface area contributed by atoms with E-state index in [1.807, 2.05) is 38.2 Å². The molecule has 0 spiro atoms. The SMILES string of the molecule is CCOc1ccccc1OC(C)CC(C)NC. The normalized spacial score (nSPS) is 14.1. The molecule has 0 heterocycles. The number of benzene rings is 1. The summed E-state index contributed by atoms with van der Waals surface area (Å²) in [5, 5.41) is 3.21.